The quantitative estimate of drug-likeness (QED) is 0.564. The molecule has 0 saturated carbocycles. The number of sulfonamides is 1. The molecular weight excluding hydrogens is 408 g/mol. The minimum absolute atomic E-state index is 0.229. The first-order chi connectivity index (χ1) is 14.8. The van der Waals surface area contributed by atoms with Crippen LogP contribution >= 0.6 is 0 Å². The molecule has 0 unspecified atom stereocenters. The van der Waals surface area contributed by atoms with Gasteiger partial charge in [0.15, 0.2) is 0 Å². The molecule has 3 aromatic carbocycles. The number of carbonyl (C=O) groups is 1. The van der Waals surface area contributed by atoms with Crippen LogP contribution in [0.1, 0.15) is 27.8 Å². The van der Waals surface area contributed by atoms with Crippen LogP contribution in [-0.2, 0) is 27.8 Å². The Morgan fingerprint density at radius 2 is 1.35 bits per heavy atom. The molecule has 5 nitrogen and oxygen atoms in total. The van der Waals surface area contributed by atoms with Gasteiger partial charge in [0.1, 0.15) is 6.04 Å². The van der Waals surface area contributed by atoms with E-state index in [0.717, 1.165) is 16.7 Å². The van der Waals surface area contributed by atoms with Gasteiger partial charge in [-0.15, -0.1) is 0 Å². The van der Waals surface area contributed by atoms with Gasteiger partial charge in [0.25, 0.3) is 0 Å². The Balaban J connectivity index is 1.86. The van der Waals surface area contributed by atoms with Gasteiger partial charge in [-0.2, -0.15) is 4.72 Å². The fourth-order valence-corrected chi connectivity index (χ4v) is 5.43. The average molecular weight is 437 g/mol. The molecule has 0 fully saturated rings. The number of nitrogens with one attached hydrogen (secondary N) is 2. The number of hydrogen-bond acceptors (Lipinski definition) is 3. The molecule has 0 aliphatic rings. The first-order valence-electron chi connectivity index (χ1n) is 10.2. The number of rotatable bonds is 8. The fourth-order valence-electron chi connectivity index (χ4n) is 3.78. The van der Waals surface area contributed by atoms with E-state index in [1.165, 1.54) is 0 Å². The number of carbonyl (C=O) groups excluding carboxylic acids is 1. The summed E-state index contributed by atoms with van der Waals surface area (Å²) < 4.78 is 29.2. The Hall–Kier alpha value is -2.96. The van der Waals surface area contributed by atoms with Gasteiger partial charge in [0.2, 0.25) is 15.9 Å². The second-order valence-electron chi connectivity index (χ2n) is 7.79. The number of amides is 1. The van der Waals surface area contributed by atoms with Gasteiger partial charge in [-0.1, -0.05) is 78.4 Å². The van der Waals surface area contributed by atoms with Crippen LogP contribution < -0.4 is 10.0 Å². The Kier molecular flexibility index (Phi) is 7.25. The zero-order valence-corrected chi connectivity index (χ0v) is 18.9. The predicted octanol–water partition coefficient (Wildman–Crippen LogP) is 3.82. The summed E-state index contributed by atoms with van der Waals surface area (Å²) in [6.45, 7) is 5.81. The van der Waals surface area contributed by atoms with E-state index in [-0.39, 0.29) is 17.2 Å². The summed E-state index contributed by atoms with van der Waals surface area (Å²) in [6.07, 6.45) is 0.255. The van der Waals surface area contributed by atoms with E-state index in [2.05, 4.69) is 10.0 Å². The summed E-state index contributed by atoms with van der Waals surface area (Å²) in [5.74, 6) is -0.362. The van der Waals surface area contributed by atoms with Crippen LogP contribution in [0.15, 0.2) is 77.7 Å². The molecule has 0 bridgehead atoms. The van der Waals surface area contributed by atoms with Crippen molar-refractivity contribution in [3.05, 3.63) is 101 Å². The summed E-state index contributed by atoms with van der Waals surface area (Å²) in [7, 11) is -3.90. The molecular formula is C25H28N2O3S. The molecule has 1 atom stereocenters. The van der Waals surface area contributed by atoms with Crippen molar-refractivity contribution in [2.75, 3.05) is 0 Å². The molecule has 162 valence electrons. The van der Waals surface area contributed by atoms with Crippen molar-refractivity contribution in [3.8, 4) is 0 Å². The third kappa shape index (κ3) is 6.03. The van der Waals surface area contributed by atoms with Crippen LogP contribution in [0, 0.1) is 20.8 Å². The van der Waals surface area contributed by atoms with Crippen molar-refractivity contribution in [2.24, 2.45) is 0 Å². The van der Waals surface area contributed by atoms with Gasteiger partial charge in [-0.3, -0.25) is 4.79 Å². The molecule has 0 aliphatic carbocycles. The van der Waals surface area contributed by atoms with Crippen molar-refractivity contribution in [1.29, 1.82) is 0 Å². The van der Waals surface area contributed by atoms with Crippen molar-refractivity contribution >= 4 is 15.9 Å². The highest BCUT2D eigenvalue weighted by molar-refractivity contribution is 7.89. The molecule has 0 aliphatic heterocycles. The average Bonchev–Trinajstić information content (AvgIpc) is 2.72. The smallest absolute Gasteiger partial charge is 0.241 e. The van der Waals surface area contributed by atoms with E-state index < -0.39 is 16.1 Å². The molecule has 0 heterocycles. The normalized spacial score (nSPS) is 12.4. The van der Waals surface area contributed by atoms with E-state index in [0.29, 0.717) is 17.7 Å². The van der Waals surface area contributed by atoms with Crippen LogP contribution in [0.25, 0.3) is 0 Å². The molecule has 3 aromatic rings. The van der Waals surface area contributed by atoms with Gasteiger partial charge >= 0.3 is 0 Å². The first-order valence-corrected chi connectivity index (χ1v) is 11.7. The first kappa shape index (κ1) is 22.7. The van der Waals surface area contributed by atoms with Crippen LogP contribution in [0.3, 0.4) is 0 Å². The standard InChI is InChI=1S/C25H28N2O3S/c1-18-14-19(2)24(20(3)15-18)31(29,30)27-23(16-21-10-6-4-7-11-21)25(28)26-17-22-12-8-5-9-13-22/h4-15,23,27H,16-17H2,1-3H3,(H,26,28)/t23-/m0/s1. The molecule has 0 radical (unpaired) electrons. The van der Waals surface area contributed by atoms with Gasteiger partial charge < -0.3 is 5.32 Å². The Morgan fingerprint density at radius 1 is 0.839 bits per heavy atom. The van der Waals surface area contributed by atoms with E-state index in [1.807, 2.05) is 79.7 Å². The molecule has 1 amide bonds. The van der Waals surface area contributed by atoms with E-state index in [4.69, 9.17) is 0 Å². The predicted molar refractivity (Wildman–Crippen MR) is 123 cm³/mol. The molecule has 2 N–H and O–H groups in total. The lowest BCUT2D eigenvalue weighted by Crippen LogP contribution is -2.48. The fraction of sp³-hybridized carbons (Fsp3) is 0.240. The maximum Gasteiger partial charge on any atom is 0.241 e. The van der Waals surface area contributed by atoms with Crippen LogP contribution in [-0.4, -0.2) is 20.4 Å². The lowest BCUT2D eigenvalue weighted by atomic mass is 10.1. The molecule has 0 saturated heterocycles. The summed E-state index contributed by atoms with van der Waals surface area (Å²) in [5, 5.41) is 2.87. The van der Waals surface area contributed by atoms with Crippen molar-refractivity contribution < 1.29 is 13.2 Å². The monoisotopic (exact) mass is 436 g/mol. The second-order valence-corrected chi connectivity index (χ2v) is 9.45. The molecule has 0 aromatic heterocycles. The highest BCUT2D eigenvalue weighted by Gasteiger charge is 2.28. The number of benzene rings is 3. The summed E-state index contributed by atoms with van der Waals surface area (Å²) in [6, 6.07) is 21.7. The lowest BCUT2D eigenvalue weighted by Gasteiger charge is -2.20. The summed E-state index contributed by atoms with van der Waals surface area (Å²) in [5.41, 5.74) is 4.14. The Labute approximate surface area is 184 Å². The van der Waals surface area contributed by atoms with E-state index in [1.54, 1.807) is 13.8 Å². The van der Waals surface area contributed by atoms with Crippen molar-refractivity contribution in [3.63, 3.8) is 0 Å². The second kappa shape index (κ2) is 9.90. The largest absolute Gasteiger partial charge is 0.351 e. The van der Waals surface area contributed by atoms with Crippen molar-refractivity contribution in [1.82, 2.24) is 10.0 Å². The minimum Gasteiger partial charge on any atom is -0.351 e. The third-order valence-corrected chi connectivity index (χ3v) is 6.86. The highest BCUT2D eigenvalue weighted by atomic mass is 32.2. The highest BCUT2D eigenvalue weighted by Crippen LogP contribution is 2.22. The zero-order chi connectivity index (χ0) is 22.4. The maximum atomic E-state index is 13.3. The number of hydrogen-bond donors (Lipinski definition) is 2. The molecule has 3 rings (SSSR count). The third-order valence-electron chi connectivity index (χ3n) is 5.08. The Morgan fingerprint density at radius 3 is 1.90 bits per heavy atom. The van der Waals surface area contributed by atoms with Gasteiger partial charge in [-0.05, 0) is 49.4 Å². The zero-order valence-electron chi connectivity index (χ0n) is 18.1. The van der Waals surface area contributed by atoms with Gasteiger partial charge in [-0.25, -0.2) is 8.42 Å². The topological polar surface area (TPSA) is 75.3 Å². The molecule has 6 heteroatoms. The number of aryl methyl sites for hydroxylation is 3. The lowest BCUT2D eigenvalue weighted by molar-refractivity contribution is -0.122. The van der Waals surface area contributed by atoms with Gasteiger partial charge in [0, 0.05) is 6.54 Å². The van der Waals surface area contributed by atoms with Crippen LogP contribution in [0.5, 0.6) is 0 Å². The van der Waals surface area contributed by atoms with Gasteiger partial charge in [0.05, 0.1) is 4.90 Å². The minimum atomic E-state index is -3.90. The van der Waals surface area contributed by atoms with Crippen molar-refractivity contribution in [2.45, 2.75) is 44.7 Å². The van der Waals surface area contributed by atoms with Crippen LogP contribution in [0.2, 0.25) is 0 Å². The summed E-state index contributed by atoms with van der Waals surface area (Å²) in [4.78, 5) is 13.2. The SMILES string of the molecule is Cc1cc(C)c(S(=O)(=O)N[C@@H](Cc2ccccc2)C(=O)NCc2ccccc2)c(C)c1. The maximum absolute atomic E-state index is 13.3. The Bertz CT molecular complexity index is 1120. The summed E-state index contributed by atoms with van der Waals surface area (Å²) >= 11 is 0. The molecule has 31 heavy (non-hydrogen) atoms. The molecule has 0 spiro atoms. The van der Waals surface area contributed by atoms with Crippen LogP contribution in [0.4, 0.5) is 0 Å². The van der Waals surface area contributed by atoms with E-state index >= 15 is 0 Å². The van der Waals surface area contributed by atoms with E-state index in [9.17, 15) is 13.2 Å².